The van der Waals surface area contributed by atoms with Crippen LogP contribution in [0.5, 0.6) is 0 Å². The number of nitrogens with one attached hydrogen (secondary N) is 1. The Morgan fingerprint density at radius 3 is 2.31 bits per heavy atom. The third kappa shape index (κ3) is 3.43. The van der Waals surface area contributed by atoms with E-state index in [2.05, 4.69) is 10.4 Å². The normalized spacial score (nSPS) is 10.6. The van der Waals surface area contributed by atoms with E-state index in [0.717, 1.165) is 0 Å². The molecule has 132 valence electrons. The van der Waals surface area contributed by atoms with Crippen LogP contribution >= 0.6 is 11.6 Å². The molecule has 2 amide bonds. The van der Waals surface area contributed by atoms with Gasteiger partial charge in [-0.15, -0.1) is 0 Å². The summed E-state index contributed by atoms with van der Waals surface area (Å²) in [7, 11) is 0. The monoisotopic (exact) mass is 372 g/mol. The predicted molar refractivity (Wildman–Crippen MR) is 96.2 cm³/mol. The van der Waals surface area contributed by atoms with Crippen molar-refractivity contribution in [2.75, 3.05) is 5.32 Å². The van der Waals surface area contributed by atoms with Crippen LogP contribution in [0.1, 0.15) is 26.4 Å². The molecule has 0 spiro atoms. The molecule has 0 radical (unpaired) electrons. The number of hydrogen-bond donors (Lipinski definition) is 2. The van der Waals surface area contributed by atoms with Crippen molar-refractivity contribution in [3.63, 3.8) is 0 Å². The molecule has 2 aromatic carbocycles. The number of anilines is 1. The van der Waals surface area contributed by atoms with Crippen LogP contribution in [0.2, 0.25) is 5.15 Å². The lowest BCUT2D eigenvalue weighted by Gasteiger charge is -2.06. The van der Waals surface area contributed by atoms with Crippen molar-refractivity contribution < 1.29 is 14.0 Å². The molecule has 0 bridgehead atoms. The van der Waals surface area contributed by atoms with Crippen molar-refractivity contribution >= 4 is 29.1 Å². The highest BCUT2D eigenvalue weighted by molar-refractivity contribution is 6.34. The smallest absolute Gasteiger partial charge is 0.260 e. The molecular formula is C18H14ClFN4O2. The van der Waals surface area contributed by atoms with Crippen LogP contribution in [0.3, 0.4) is 0 Å². The van der Waals surface area contributed by atoms with Gasteiger partial charge in [-0.1, -0.05) is 11.6 Å². The second kappa shape index (κ2) is 6.97. The number of benzene rings is 2. The fourth-order valence-corrected chi connectivity index (χ4v) is 2.78. The van der Waals surface area contributed by atoms with Gasteiger partial charge in [-0.3, -0.25) is 9.59 Å². The number of carbonyl (C=O) groups is 2. The average molecular weight is 373 g/mol. The Balaban J connectivity index is 1.88. The molecule has 26 heavy (non-hydrogen) atoms. The SMILES string of the molecule is Cc1nn(-c2ccc(F)cc2)c(Cl)c1C(=O)Nc1ccc(C(N)=O)cc1. The van der Waals surface area contributed by atoms with Crippen molar-refractivity contribution in [2.24, 2.45) is 5.73 Å². The Morgan fingerprint density at radius 1 is 1.12 bits per heavy atom. The molecule has 8 heteroatoms. The first-order valence-corrected chi connectivity index (χ1v) is 7.97. The Kier molecular flexibility index (Phi) is 4.73. The van der Waals surface area contributed by atoms with E-state index in [1.165, 1.54) is 41.1 Å². The van der Waals surface area contributed by atoms with E-state index in [-0.39, 0.29) is 16.5 Å². The number of carbonyl (C=O) groups excluding carboxylic acids is 2. The van der Waals surface area contributed by atoms with Crippen LogP contribution in [0, 0.1) is 12.7 Å². The van der Waals surface area contributed by atoms with Gasteiger partial charge in [0.25, 0.3) is 5.91 Å². The first-order valence-electron chi connectivity index (χ1n) is 7.59. The summed E-state index contributed by atoms with van der Waals surface area (Å²) in [6, 6.07) is 11.7. The van der Waals surface area contributed by atoms with E-state index in [1.807, 2.05) is 0 Å². The highest BCUT2D eigenvalue weighted by Gasteiger charge is 2.21. The zero-order chi connectivity index (χ0) is 18.8. The minimum atomic E-state index is -0.553. The van der Waals surface area contributed by atoms with Crippen LogP contribution in [0.25, 0.3) is 5.69 Å². The number of nitrogens with zero attached hydrogens (tertiary/aromatic N) is 2. The number of aryl methyl sites for hydroxylation is 1. The van der Waals surface area contributed by atoms with Gasteiger partial charge < -0.3 is 11.1 Å². The highest BCUT2D eigenvalue weighted by atomic mass is 35.5. The second-order valence-corrected chi connectivity index (χ2v) is 5.89. The van der Waals surface area contributed by atoms with Crippen LogP contribution in [0.15, 0.2) is 48.5 Å². The zero-order valence-electron chi connectivity index (χ0n) is 13.7. The largest absolute Gasteiger partial charge is 0.366 e. The van der Waals surface area contributed by atoms with Crippen molar-refractivity contribution in [3.8, 4) is 5.69 Å². The Labute approximate surface area is 153 Å². The highest BCUT2D eigenvalue weighted by Crippen LogP contribution is 2.25. The summed E-state index contributed by atoms with van der Waals surface area (Å²) in [6.07, 6.45) is 0. The number of primary amides is 1. The van der Waals surface area contributed by atoms with Crippen molar-refractivity contribution in [1.29, 1.82) is 0 Å². The molecule has 0 atom stereocenters. The standard InChI is InChI=1S/C18H14ClFN4O2/c1-10-15(16(19)24(23-10)14-8-4-12(20)5-9-14)18(26)22-13-6-2-11(3-7-13)17(21)25/h2-9H,1H3,(H2,21,25)(H,22,26). The number of rotatable bonds is 4. The van der Waals surface area contributed by atoms with E-state index < -0.39 is 11.8 Å². The minimum absolute atomic E-state index is 0.111. The van der Waals surface area contributed by atoms with E-state index >= 15 is 0 Å². The lowest BCUT2D eigenvalue weighted by Crippen LogP contribution is -2.14. The topological polar surface area (TPSA) is 90.0 Å². The molecule has 0 saturated carbocycles. The van der Waals surface area contributed by atoms with Gasteiger partial charge in [0.2, 0.25) is 5.91 Å². The number of hydrogen-bond acceptors (Lipinski definition) is 3. The number of halogens is 2. The lowest BCUT2D eigenvalue weighted by molar-refractivity contribution is 0.0998. The number of amides is 2. The van der Waals surface area contributed by atoms with E-state index in [4.69, 9.17) is 17.3 Å². The molecule has 0 fully saturated rings. The molecule has 0 unspecified atom stereocenters. The first kappa shape index (κ1) is 17.6. The molecule has 3 N–H and O–H groups in total. The fraction of sp³-hybridized carbons (Fsp3) is 0.0556. The molecular weight excluding hydrogens is 359 g/mol. The van der Waals surface area contributed by atoms with Crippen LogP contribution in [-0.4, -0.2) is 21.6 Å². The number of aromatic nitrogens is 2. The minimum Gasteiger partial charge on any atom is -0.366 e. The van der Waals surface area contributed by atoms with Crippen LogP contribution in [0.4, 0.5) is 10.1 Å². The fourth-order valence-electron chi connectivity index (χ4n) is 2.42. The molecule has 6 nitrogen and oxygen atoms in total. The summed E-state index contributed by atoms with van der Waals surface area (Å²) in [5.74, 6) is -1.39. The van der Waals surface area contributed by atoms with Crippen LogP contribution in [-0.2, 0) is 0 Å². The molecule has 3 aromatic rings. The van der Waals surface area contributed by atoms with Gasteiger partial charge in [0, 0.05) is 11.3 Å². The van der Waals surface area contributed by atoms with Crippen molar-refractivity contribution in [3.05, 3.63) is 76.3 Å². The molecule has 1 heterocycles. The molecule has 1 aromatic heterocycles. The van der Waals surface area contributed by atoms with Crippen LogP contribution < -0.4 is 11.1 Å². The molecule has 0 aliphatic rings. The average Bonchev–Trinajstić information content (AvgIpc) is 2.90. The summed E-state index contributed by atoms with van der Waals surface area (Å²) >= 11 is 6.32. The molecule has 0 aliphatic heterocycles. The molecule has 0 saturated heterocycles. The van der Waals surface area contributed by atoms with Crippen molar-refractivity contribution in [1.82, 2.24) is 9.78 Å². The maximum absolute atomic E-state index is 13.1. The summed E-state index contributed by atoms with van der Waals surface area (Å²) in [5, 5.41) is 7.05. The maximum Gasteiger partial charge on any atom is 0.260 e. The summed E-state index contributed by atoms with van der Waals surface area (Å²) in [5.41, 5.74) is 7.15. The van der Waals surface area contributed by atoms with E-state index in [1.54, 1.807) is 19.1 Å². The Hall–Kier alpha value is -3.19. The van der Waals surface area contributed by atoms with Crippen molar-refractivity contribution in [2.45, 2.75) is 6.92 Å². The first-order chi connectivity index (χ1) is 12.4. The second-order valence-electron chi connectivity index (χ2n) is 5.54. The molecule has 0 aliphatic carbocycles. The maximum atomic E-state index is 13.1. The van der Waals surface area contributed by atoms with Gasteiger partial charge in [0.15, 0.2) is 0 Å². The summed E-state index contributed by atoms with van der Waals surface area (Å²) < 4.78 is 14.4. The summed E-state index contributed by atoms with van der Waals surface area (Å²) in [6.45, 7) is 1.65. The van der Waals surface area contributed by atoms with Gasteiger partial charge in [0.1, 0.15) is 16.5 Å². The van der Waals surface area contributed by atoms with E-state index in [0.29, 0.717) is 22.6 Å². The third-order valence-electron chi connectivity index (χ3n) is 3.73. The zero-order valence-corrected chi connectivity index (χ0v) is 14.4. The Morgan fingerprint density at radius 2 is 1.73 bits per heavy atom. The van der Waals surface area contributed by atoms with E-state index in [9.17, 15) is 14.0 Å². The third-order valence-corrected chi connectivity index (χ3v) is 4.08. The van der Waals surface area contributed by atoms with Gasteiger partial charge in [-0.25, -0.2) is 9.07 Å². The summed E-state index contributed by atoms with van der Waals surface area (Å²) in [4.78, 5) is 23.7. The Bertz CT molecular complexity index is 982. The predicted octanol–water partition coefficient (Wildman–Crippen LogP) is 3.32. The lowest BCUT2D eigenvalue weighted by atomic mass is 10.2. The quantitative estimate of drug-likeness (QED) is 0.736. The van der Waals surface area contributed by atoms with Gasteiger partial charge in [0.05, 0.1) is 11.4 Å². The van der Waals surface area contributed by atoms with Gasteiger partial charge in [-0.05, 0) is 55.5 Å². The molecule has 3 rings (SSSR count). The number of nitrogens with two attached hydrogens (primary N) is 1. The van der Waals surface area contributed by atoms with Gasteiger partial charge in [-0.2, -0.15) is 5.10 Å². The van der Waals surface area contributed by atoms with Gasteiger partial charge >= 0.3 is 0 Å².